The summed E-state index contributed by atoms with van der Waals surface area (Å²) < 4.78 is 5.43. The predicted molar refractivity (Wildman–Crippen MR) is 109 cm³/mol. The molecule has 0 radical (unpaired) electrons. The van der Waals surface area contributed by atoms with Crippen molar-refractivity contribution >= 4 is 29.0 Å². The van der Waals surface area contributed by atoms with Crippen LogP contribution in [0, 0.1) is 22.0 Å². The van der Waals surface area contributed by atoms with Crippen LogP contribution in [0.1, 0.15) is 27.2 Å². The van der Waals surface area contributed by atoms with Gasteiger partial charge in [0, 0.05) is 18.8 Å². The Balaban J connectivity index is 1.92. The molecule has 28 heavy (non-hydrogen) atoms. The lowest BCUT2D eigenvalue weighted by Crippen LogP contribution is -2.39. The molecule has 1 aliphatic rings. The van der Waals surface area contributed by atoms with E-state index in [2.05, 4.69) is 29.1 Å². The van der Waals surface area contributed by atoms with Crippen LogP contribution in [0.5, 0.6) is 5.75 Å². The van der Waals surface area contributed by atoms with Crippen LogP contribution >= 0.6 is 0 Å². The SMILES string of the molecule is CCOc1ccc(Nc2nc(N)c([N+](=O)[O-])c(N3C[C@@H](C)C[C@H](C)C3)n2)cc1. The number of hydrogen-bond donors (Lipinski definition) is 2. The van der Waals surface area contributed by atoms with Crippen LogP contribution in [0.25, 0.3) is 0 Å². The zero-order valence-corrected chi connectivity index (χ0v) is 16.4. The van der Waals surface area contributed by atoms with Crippen LogP contribution in [-0.2, 0) is 0 Å². The van der Waals surface area contributed by atoms with Gasteiger partial charge in [0.1, 0.15) is 5.75 Å². The molecule has 3 N–H and O–H groups in total. The molecule has 0 aliphatic carbocycles. The number of benzene rings is 1. The fraction of sp³-hybridized carbons (Fsp3) is 0.474. The summed E-state index contributed by atoms with van der Waals surface area (Å²) in [6, 6.07) is 7.32. The second kappa shape index (κ2) is 8.28. The molecule has 0 spiro atoms. The van der Waals surface area contributed by atoms with E-state index in [0.29, 0.717) is 31.5 Å². The van der Waals surface area contributed by atoms with E-state index in [4.69, 9.17) is 10.5 Å². The molecule has 9 heteroatoms. The molecular weight excluding hydrogens is 360 g/mol. The van der Waals surface area contributed by atoms with E-state index >= 15 is 0 Å². The third-order valence-corrected chi connectivity index (χ3v) is 4.67. The summed E-state index contributed by atoms with van der Waals surface area (Å²) in [5.41, 5.74) is 6.44. The summed E-state index contributed by atoms with van der Waals surface area (Å²) in [7, 11) is 0. The normalized spacial score (nSPS) is 19.3. The van der Waals surface area contributed by atoms with Crippen molar-refractivity contribution in [1.82, 2.24) is 9.97 Å². The van der Waals surface area contributed by atoms with Gasteiger partial charge in [-0.3, -0.25) is 10.1 Å². The molecule has 2 aromatic rings. The second-order valence-corrected chi connectivity index (χ2v) is 7.30. The van der Waals surface area contributed by atoms with Gasteiger partial charge in [0.15, 0.2) is 0 Å². The Morgan fingerprint density at radius 2 is 1.89 bits per heavy atom. The summed E-state index contributed by atoms with van der Waals surface area (Å²) >= 11 is 0. The van der Waals surface area contributed by atoms with Gasteiger partial charge in [0.2, 0.25) is 17.6 Å². The van der Waals surface area contributed by atoms with E-state index in [1.54, 1.807) is 0 Å². The first-order chi connectivity index (χ1) is 13.4. The number of piperidine rings is 1. The van der Waals surface area contributed by atoms with E-state index in [-0.39, 0.29) is 23.3 Å². The minimum absolute atomic E-state index is 0.144. The van der Waals surface area contributed by atoms with Crippen molar-refractivity contribution < 1.29 is 9.66 Å². The van der Waals surface area contributed by atoms with E-state index in [0.717, 1.165) is 17.9 Å². The van der Waals surface area contributed by atoms with Crippen molar-refractivity contribution in [3.05, 3.63) is 34.4 Å². The molecule has 1 aromatic heterocycles. The molecule has 0 bridgehead atoms. The summed E-state index contributed by atoms with van der Waals surface area (Å²) in [6.45, 7) is 8.18. The number of hydrogen-bond acceptors (Lipinski definition) is 8. The molecule has 1 aliphatic heterocycles. The number of aromatic nitrogens is 2. The van der Waals surface area contributed by atoms with Crippen LogP contribution in [0.15, 0.2) is 24.3 Å². The standard InChI is InChI=1S/C19H26N6O3/c1-4-28-15-7-5-14(6-8-15)21-19-22-17(20)16(25(26)27)18(23-19)24-10-12(2)9-13(3)11-24/h5-8,12-13H,4,9-11H2,1-3H3,(H3,20,21,22,23)/t12-,13-/m0/s1. The van der Waals surface area contributed by atoms with Crippen molar-refractivity contribution in [2.45, 2.75) is 27.2 Å². The summed E-state index contributed by atoms with van der Waals surface area (Å²) in [4.78, 5) is 21.6. The minimum Gasteiger partial charge on any atom is -0.494 e. The first kappa shape index (κ1) is 19.7. The highest BCUT2D eigenvalue weighted by molar-refractivity contribution is 5.72. The zero-order valence-electron chi connectivity index (χ0n) is 16.4. The number of nitrogens with one attached hydrogen (secondary N) is 1. The van der Waals surface area contributed by atoms with Crippen LogP contribution in [0.4, 0.5) is 29.0 Å². The van der Waals surface area contributed by atoms with Gasteiger partial charge in [0.05, 0.1) is 11.5 Å². The number of rotatable bonds is 6. The van der Waals surface area contributed by atoms with Crippen molar-refractivity contribution in [3.8, 4) is 5.75 Å². The Morgan fingerprint density at radius 3 is 2.46 bits per heavy atom. The second-order valence-electron chi connectivity index (χ2n) is 7.30. The Kier molecular flexibility index (Phi) is 5.81. The first-order valence-corrected chi connectivity index (χ1v) is 9.44. The number of ether oxygens (including phenoxy) is 1. The van der Waals surface area contributed by atoms with Crippen molar-refractivity contribution in [1.29, 1.82) is 0 Å². The lowest BCUT2D eigenvalue weighted by molar-refractivity contribution is -0.383. The average Bonchev–Trinajstić information content (AvgIpc) is 2.62. The molecular formula is C19H26N6O3. The molecule has 150 valence electrons. The van der Waals surface area contributed by atoms with Gasteiger partial charge < -0.3 is 20.7 Å². The number of nitro groups is 1. The Morgan fingerprint density at radius 1 is 1.25 bits per heavy atom. The van der Waals surface area contributed by atoms with Crippen molar-refractivity contribution in [3.63, 3.8) is 0 Å². The molecule has 1 saturated heterocycles. The number of nitrogens with two attached hydrogens (primary N) is 1. The monoisotopic (exact) mass is 386 g/mol. The van der Waals surface area contributed by atoms with Crippen LogP contribution in [-0.4, -0.2) is 34.6 Å². The maximum absolute atomic E-state index is 11.6. The largest absolute Gasteiger partial charge is 0.494 e. The Labute approximate surface area is 164 Å². The molecule has 1 fully saturated rings. The molecule has 9 nitrogen and oxygen atoms in total. The third-order valence-electron chi connectivity index (χ3n) is 4.67. The fourth-order valence-corrected chi connectivity index (χ4v) is 3.68. The zero-order chi connectivity index (χ0) is 20.3. The Hall–Kier alpha value is -3.10. The van der Waals surface area contributed by atoms with Gasteiger partial charge in [-0.05, 0) is 49.4 Å². The van der Waals surface area contributed by atoms with Gasteiger partial charge in [-0.1, -0.05) is 13.8 Å². The number of nitrogens with zero attached hydrogens (tertiary/aromatic N) is 4. The van der Waals surface area contributed by atoms with Gasteiger partial charge >= 0.3 is 5.69 Å². The lowest BCUT2D eigenvalue weighted by atomic mass is 9.92. The molecule has 2 atom stereocenters. The van der Waals surface area contributed by atoms with Crippen molar-refractivity contribution in [2.24, 2.45) is 11.8 Å². The van der Waals surface area contributed by atoms with Crippen LogP contribution in [0.3, 0.4) is 0 Å². The van der Waals surface area contributed by atoms with E-state index < -0.39 is 4.92 Å². The minimum atomic E-state index is -0.505. The number of nitrogen functional groups attached to an aromatic ring is 1. The molecule has 0 amide bonds. The molecule has 0 saturated carbocycles. The topological polar surface area (TPSA) is 119 Å². The highest BCUT2D eigenvalue weighted by Crippen LogP contribution is 2.36. The quantitative estimate of drug-likeness (QED) is 0.571. The van der Waals surface area contributed by atoms with E-state index in [1.807, 2.05) is 36.1 Å². The molecule has 2 heterocycles. The fourth-order valence-electron chi connectivity index (χ4n) is 3.68. The maximum atomic E-state index is 11.6. The highest BCUT2D eigenvalue weighted by Gasteiger charge is 2.31. The van der Waals surface area contributed by atoms with E-state index in [9.17, 15) is 10.1 Å². The van der Waals surface area contributed by atoms with Crippen LogP contribution < -0.4 is 20.7 Å². The van der Waals surface area contributed by atoms with Crippen molar-refractivity contribution in [2.75, 3.05) is 35.6 Å². The van der Waals surface area contributed by atoms with Crippen LogP contribution in [0.2, 0.25) is 0 Å². The summed E-state index contributed by atoms with van der Waals surface area (Å²) in [5, 5.41) is 14.7. The molecule has 0 unspecified atom stereocenters. The average molecular weight is 386 g/mol. The van der Waals surface area contributed by atoms with Gasteiger partial charge in [-0.25, -0.2) is 0 Å². The summed E-state index contributed by atoms with van der Waals surface area (Å²) in [6.07, 6.45) is 1.09. The van der Waals surface area contributed by atoms with Gasteiger partial charge in [0.25, 0.3) is 0 Å². The molecule has 1 aromatic carbocycles. The van der Waals surface area contributed by atoms with Gasteiger partial charge in [-0.15, -0.1) is 0 Å². The first-order valence-electron chi connectivity index (χ1n) is 9.44. The third kappa shape index (κ3) is 4.41. The highest BCUT2D eigenvalue weighted by atomic mass is 16.6. The van der Waals surface area contributed by atoms with E-state index in [1.165, 1.54) is 0 Å². The lowest BCUT2D eigenvalue weighted by Gasteiger charge is -2.35. The van der Waals surface area contributed by atoms with Gasteiger partial charge in [-0.2, -0.15) is 9.97 Å². The maximum Gasteiger partial charge on any atom is 0.353 e. The number of anilines is 4. The summed E-state index contributed by atoms with van der Waals surface area (Å²) in [5.74, 6) is 1.95. The molecule has 3 rings (SSSR count). The smallest absolute Gasteiger partial charge is 0.353 e. The predicted octanol–water partition coefficient (Wildman–Crippen LogP) is 3.59. The Bertz CT molecular complexity index is 832.